The summed E-state index contributed by atoms with van der Waals surface area (Å²) < 4.78 is 35.4. The van der Waals surface area contributed by atoms with Crippen LogP contribution in [0.25, 0.3) is 0 Å². The van der Waals surface area contributed by atoms with Crippen molar-refractivity contribution in [3.05, 3.63) is 60.7 Å². The lowest BCUT2D eigenvalue weighted by molar-refractivity contribution is -0.150. The van der Waals surface area contributed by atoms with Gasteiger partial charge >= 0.3 is 29.1 Å². The number of hydrogen-bond acceptors (Lipinski definition) is 8. The van der Waals surface area contributed by atoms with Crippen molar-refractivity contribution in [2.75, 3.05) is 39.6 Å². The molecular weight excluding hydrogens is 544 g/mol. The Bertz CT molecular complexity index is 883. The number of carbonyl (C=O) groups is 2. The Morgan fingerprint density at radius 3 is 1.18 bits per heavy atom. The third-order valence-corrected chi connectivity index (χ3v) is 13.8. The first-order valence-corrected chi connectivity index (χ1v) is 18.5. The fraction of sp³-hybridized carbons (Fsp3) is 0.533. The van der Waals surface area contributed by atoms with Gasteiger partial charge in [-0.3, -0.25) is 9.59 Å². The molecule has 0 aliphatic rings. The summed E-state index contributed by atoms with van der Waals surface area (Å²) >= 11 is 0. The highest BCUT2D eigenvalue weighted by Gasteiger charge is 2.40. The molecule has 0 atom stereocenters. The molecule has 0 aromatic heterocycles. The van der Waals surface area contributed by atoms with Gasteiger partial charge in [-0.05, 0) is 63.0 Å². The molecule has 222 valence electrons. The number of rotatable bonds is 21. The Hall–Kier alpha value is -2.35. The van der Waals surface area contributed by atoms with Crippen LogP contribution in [0.15, 0.2) is 60.7 Å². The number of hydrogen-bond donors (Lipinski definition) is 0. The van der Waals surface area contributed by atoms with Crippen LogP contribution in [0.4, 0.5) is 0 Å². The summed E-state index contributed by atoms with van der Waals surface area (Å²) in [6.07, 6.45) is 1.20. The van der Waals surface area contributed by atoms with Crippen molar-refractivity contribution in [3.8, 4) is 0 Å². The van der Waals surface area contributed by atoms with Crippen LogP contribution >= 0.6 is 0 Å². The van der Waals surface area contributed by atoms with Gasteiger partial charge in [0.05, 0.1) is 26.1 Å². The van der Waals surface area contributed by atoms with E-state index < -0.39 is 29.1 Å². The largest absolute Gasteiger partial charge is 0.466 e. The van der Waals surface area contributed by atoms with Gasteiger partial charge in [-0.15, -0.1) is 0 Å². The predicted octanol–water partition coefficient (Wildman–Crippen LogP) is 4.48. The van der Waals surface area contributed by atoms with E-state index in [2.05, 4.69) is 0 Å². The lowest BCUT2D eigenvalue weighted by Gasteiger charge is -2.30. The van der Waals surface area contributed by atoms with Crippen LogP contribution in [0.3, 0.4) is 0 Å². The molecule has 0 amide bonds. The van der Waals surface area contributed by atoms with Crippen LogP contribution in [-0.4, -0.2) is 68.7 Å². The molecule has 0 unspecified atom stereocenters. The number of ether oxygens (including phenoxy) is 2. The number of carbonyl (C=O) groups excluding carboxylic acids is 2. The standard InChI is InChI=1S/C30H46O8Si2/c1-5-35-39(36-6-2,27-17-11-9-12-18-27)25-15-23-33-29(31)21-22-30(32)34-24-16-26-40(37-7-3,38-8-4)28-19-13-10-14-20-28/h9-14,17-20H,5-8,15-16,21-26H2,1-4H3. The summed E-state index contributed by atoms with van der Waals surface area (Å²) in [6.45, 7) is 10.5. The quantitative estimate of drug-likeness (QED) is 0.120. The van der Waals surface area contributed by atoms with Crippen molar-refractivity contribution in [1.82, 2.24) is 0 Å². The lowest BCUT2D eigenvalue weighted by atomic mass is 10.3. The van der Waals surface area contributed by atoms with Crippen LogP contribution in [0.2, 0.25) is 12.1 Å². The third-order valence-electron chi connectivity index (χ3n) is 6.30. The molecule has 2 rings (SSSR count). The molecule has 0 bridgehead atoms. The molecular formula is C30H46O8Si2. The molecule has 2 aromatic carbocycles. The highest BCUT2D eigenvalue weighted by Crippen LogP contribution is 2.18. The molecule has 2 aromatic rings. The average molecular weight is 591 g/mol. The lowest BCUT2D eigenvalue weighted by Crippen LogP contribution is -2.54. The van der Waals surface area contributed by atoms with E-state index in [4.69, 9.17) is 27.2 Å². The second-order valence-corrected chi connectivity index (χ2v) is 15.4. The van der Waals surface area contributed by atoms with Gasteiger partial charge in [0.1, 0.15) is 0 Å². The Kier molecular flexibility index (Phi) is 16.0. The molecule has 0 saturated heterocycles. The molecule has 40 heavy (non-hydrogen) atoms. The molecule has 10 heteroatoms. The first kappa shape index (κ1) is 33.9. The van der Waals surface area contributed by atoms with Gasteiger partial charge in [-0.25, -0.2) is 0 Å². The van der Waals surface area contributed by atoms with Gasteiger partial charge in [0, 0.05) is 26.4 Å². The molecule has 0 radical (unpaired) electrons. The van der Waals surface area contributed by atoms with Gasteiger partial charge < -0.3 is 27.2 Å². The molecule has 8 nitrogen and oxygen atoms in total. The summed E-state index contributed by atoms with van der Waals surface area (Å²) in [5.74, 6) is -0.833. The van der Waals surface area contributed by atoms with Crippen molar-refractivity contribution in [2.24, 2.45) is 0 Å². The Morgan fingerprint density at radius 1 is 0.550 bits per heavy atom. The maximum atomic E-state index is 12.2. The van der Waals surface area contributed by atoms with E-state index in [1.54, 1.807) is 0 Å². The van der Waals surface area contributed by atoms with E-state index in [0.717, 1.165) is 10.4 Å². The summed E-state index contributed by atoms with van der Waals surface area (Å²) in [5.41, 5.74) is 0. The highest BCUT2D eigenvalue weighted by atomic mass is 28.4. The average Bonchev–Trinajstić information content (AvgIpc) is 2.97. The number of esters is 2. The molecule has 0 heterocycles. The van der Waals surface area contributed by atoms with Crippen LogP contribution in [-0.2, 0) is 36.8 Å². The zero-order valence-electron chi connectivity index (χ0n) is 24.5. The molecule has 0 aliphatic heterocycles. The van der Waals surface area contributed by atoms with Crippen LogP contribution < -0.4 is 10.4 Å². The first-order valence-electron chi connectivity index (χ1n) is 14.4. The van der Waals surface area contributed by atoms with Crippen molar-refractivity contribution in [1.29, 1.82) is 0 Å². The zero-order chi connectivity index (χ0) is 29.1. The molecule has 0 fully saturated rings. The van der Waals surface area contributed by atoms with Crippen molar-refractivity contribution in [2.45, 2.75) is 65.5 Å². The maximum absolute atomic E-state index is 12.2. The minimum atomic E-state index is -2.63. The van der Waals surface area contributed by atoms with Crippen LogP contribution in [0, 0.1) is 0 Å². The monoisotopic (exact) mass is 590 g/mol. The molecule has 0 N–H and O–H groups in total. The van der Waals surface area contributed by atoms with E-state index in [-0.39, 0.29) is 26.1 Å². The van der Waals surface area contributed by atoms with Gasteiger partial charge in [0.25, 0.3) is 0 Å². The van der Waals surface area contributed by atoms with Gasteiger partial charge in [0.15, 0.2) is 0 Å². The third kappa shape index (κ3) is 10.9. The fourth-order valence-corrected chi connectivity index (χ4v) is 11.1. The Balaban J connectivity index is 1.74. The van der Waals surface area contributed by atoms with E-state index >= 15 is 0 Å². The van der Waals surface area contributed by atoms with Crippen LogP contribution in [0.1, 0.15) is 53.4 Å². The number of benzene rings is 2. The first-order chi connectivity index (χ1) is 19.4. The predicted molar refractivity (Wildman–Crippen MR) is 160 cm³/mol. The topological polar surface area (TPSA) is 89.5 Å². The van der Waals surface area contributed by atoms with Crippen molar-refractivity contribution < 1.29 is 36.8 Å². The Morgan fingerprint density at radius 2 is 0.875 bits per heavy atom. The van der Waals surface area contributed by atoms with E-state index in [1.165, 1.54) is 0 Å². The van der Waals surface area contributed by atoms with Gasteiger partial charge in [-0.2, -0.15) is 0 Å². The molecule has 0 aliphatic carbocycles. The van der Waals surface area contributed by atoms with Crippen molar-refractivity contribution >= 4 is 39.4 Å². The molecule has 0 spiro atoms. The minimum Gasteiger partial charge on any atom is -0.466 e. The fourth-order valence-electron chi connectivity index (χ4n) is 4.64. The summed E-state index contributed by atoms with van der Waals surface area (Å²) in [5, 5.41) is 2.14. The highest BCUT2D eigenvalue weighted by molar-refractivity contribution is 6.81. The molecule has 0 saturated carbocycles. The normalized spacial score (nSPS) is 11.8. The minimum absolute atomic E-state index is 0.0163. The second-order valence-electron chi connectivity index (χ2n) is 9.12. The summed E-state index contributed by atoms with van der Waals surface area (Å²) in [7, 11) is -5.25. The van der Waals surface area contributed by atoms with Crippen LogP contribution in [0.5, 0.6) is 0 Å². The summed E-state index contributed by atoms with van der Waals surface area (Å²) in [4.78, 5) is 24.5. The maximum Gasteiger partial charge on any atom is 0.372 e. The van der Waals surface area contributed by atoms with Crippen molar-refractivity contribution in [3.63, 3.8) is 0 Å². The summed E-state index contributed by atoms with van der Waals surface area (Å²) in [6, 6.07) is 21.3. The van der Waals surface area contributed by atoms with E-state index in [1.807, 2.05) is 88.4 Å². The van der Waals surface area contributed by atoms with Gasteiger partial charge in [-0.1, -0.05) is 60.7 Å². The smallest absolute Gasteiger partial charge is 0.372 e. The van der Waals surface area contributed by atoms with E-state index in [0.29, 0.717) is 51.4 Å². The zero-order valence-corrected chi connectivity index (χ0v) is 26.5. The SMILES string of the molecule is CCO[Si](CCCOC(=O)CCC(=O)OCCC[Si](OCC)(OCC)c1ccccc1)(OCC)c1ccccc1. The van der Waals surface area contributed by atoms with Gasteiger partial charge in [0.2, 0.25) is 0 Å². The second kappa shape index (κ2) is 18.9. The van der Waals surface area contributed by atoms with E-state index in [9.17, 15) is 9.59 Å². The Labute approximate surface area is 241 Å².